The van der Waals surface area contributed by atoms with Crippen molar-refractivity contribution in [2.75, 3.05) is 32.8 Å². The number of rotatable bonds is 2. The van der Waals surface area contributed by atoms with E-state index in [2.05, 4.69) is 4.90 Å². The molecular weight excluding hydrogens is 178 g/mol. The van der Waals surface area contributed by atoms with Gasteiger partial charge in [-0.25, -0.2) is 0 Å². The van der Waals surface area contributed by atoms with Gasteiger partial charge in [-0.05, 0) is 31.6 Å². The normalized spacial score (nSPS) is 28.1. The van der Waals surface area contributed by atoms with Crippen LogP contribution in [0.5, 0.6) is 0 Å². The Morgan fingerprint density at radius 1 is 1.07 bits per heavy atom. The number of ether oxygens (including phenoxy) is 1. The lowest BCUT2D eigenvalue weighted by Crippen LogP contribution is -2.39. The first kappa shape index (κ1) is 10.4. The molecule has 0 aromatic rings. The summed E-state index contributed by atoms with van der Waals surface area (Å²) in [5, 5.41) is 9.39. The quantitative estimate of drug-likeness (QED) is 0.716. The number of hydrogen-bond acceptors (Lipinski definition) is 3. The predicted octanol–water partition coefficient (Wildman–Crippen LogP) is 0.870. The molecule has 2 rings (SSSR count). The molecule has 82 valence electrons. The highest BCUT2D eigenvalue weighted by Crippen LogP contribution is 2.18. The lowest BCUT2D eigenvalue weighted by Gasteiger charge is -2.33. The maximum absolute atomic E-state index is 9.39. The van der Waals surface area contributed by atoms with Gasteiger partial charge in [0, 0.05) is 32.8 Å². The van der Waals surface area contributed by atoms with E-state index >= 15 is 0 Å². The van der Waals surface area contributed by atoms with Crippen molar-refractivity contribution in [3.05, 3.63) is 0 Å². The van der Waals surface area contributed by atoms with Gasteiger partial charge in [-0.15, -0.1) is 0 Å². The molecule has 0 aromatic heterocycles. The third-order valence-electron chi connectivity index (χ3n) is 3.41. The molecule has 0 bridgehead atoms. The van der Waals surface area contributed by atoms with E-state index in [9.17, 15) is 5.11 Å². The number of aliphatic hydroxyl groups is 1. The van der Waals surface area contributed by atoms with Crippen LogP contribution in [0, 0.1) is 5.92 Å². The molecule has 1 N–H and O–H groups in total. The summed E-state index contributed by atoms with van der Waals surface area (Å²) >= 11 is 0. The van der Waals surface area contributed by atoms with Crippen LogP contribution in [0.25, 0.3) is 0 Å². The molecule has 14 heavy (non-hydrogen) atoms. The van der Waals surface area contributed by atoms with Crippen molar-refractivity contribution in [3.63, 3.8) is 0 Å². The number of hydrogen-bond donors (Lipinski definition) is 1. The molecular formula is C11H21NO2. The molecule has 2 heterocycles. The standard InChI is InChI=1S/C11H21NO2/c13-11-1-5-12(6-2-11)9-10-3-7-14-8-4-10/h10-11,13H,1-9H2. The summed E-state index contributed by atoms with van der Waals surface area (Å²) < 4.78 is 5.35. The zero-order chi connectivity index (χ0) is 9.80. The summed E-state index contributed by atoms with van der Waals surface area (Å²) in [6.45, 7) is 5.27. The van der Waals surface area contributed by atoms with Crippen molar-refractivity contribution >= 4 is 0 Å². The molecule has 3 heteroatoms. The molecule has 0 aromatic carbocycles. The lowest BCUT2D eigenvalue weighted by molar-refractivity contribution is 0.0347. The average Bonchev–Trinajstić information content (AvgIpc) is 2.23. The van der Waals surface area contributed by atoms with Crippen LogP contribution >= 0.6 is 0 Å². The smallest absolute Gasteiger partial charge is 0.0564 e. The Labute approximate surface area is 86.0 Å². The van der Waals surface area contributed by atoms with Gasteiger partial charge in [0.1, 0.15) is 0 Å². The number of nitrogens with zero attached hydrogens (tertiary/aromatic N) is 1. The molecule has 0 radical (unpaired) electrons. The first-order chi connectivity index (χ1) is 6.84. The van der Waals surface area contributed by atoms with Crippen molar-refractivity contribution in [3.8, 4) is 0 Å². The molecule has 0 unspecified atom stereocenters. The Hall–Kier alpha value is -0.120. The first-order valence-electron chi connectivity index (χ1n) is 5.83. The summed E-state index contributed by atoms with van der Waals surface area (Å²) in [6.07, 6.45) is 4.32. The minimum atomic E-state index is -0.0408. The van der Waals surface area contributed by atoms with Crippen LogP contribution < -0.4 is 0 Å². The number of likely N-dealkylation sites (tertiary alicyclic amines) is 1. The van der Waals surface area contributed by atoms with E-state index in [1.165, 1.54) is 19.4 Å². The van der Waals surface area contributed by atoms with Crippen LogP contribution in [0.2, 0.25) is 0 Å². The van der Waals surface area contributed by atoms with Crippen molar-refractivity contribution in [1.82, 2.24) is 4.90 Å². The summed E-state index contributed by atoms with van der Waals surface area (Å²) in [5.74, 6) is 0.832. The van der Waals surface area contributed by atoms with Crippen molar-refractivity contribution in [2.45, 2.75) is 31.8 Å². The van der Waals surface area contributed by atoms with Gasteiger partial charge < -0.3 is 14.7 Å². The fourth-order valence-electron chi connectivity index (χ4n) is 2.40. The molecule has 0 amide bonds. The molecule has 0 saturated carbocycles. The Morgan fingerprint density at radius 3 is 2.36 bits per heavy atom. The lowest BCUT2D eigenvalue weighted by atomic mass is 9.98. The fourth-order valence-corrected chi connectivity index (χ4v) is 2.40. The van der Waals surface area contributed by atoms with Crippen LogP contribution in [0.15, 0.2) is 0 Å². The highest BCUT2D eigenvalue weighted by molar-refractivity contribution is 4.74. The van der Waals surface area contributed by atoms with Crippen molar-refractivity contribution in [1.29, 1.82) is 0 Å². The average molecular weight is 199 g/mol. The molecule has 2 fully saturated rings. The van der Waals surface area contributed by atoms with Gasteiger partial charge in [-0.2, -0.15) is 0 Å². The largest absolute Gasteiger partial charge is 0.393 e. The fraction of sp³-hybridized carbons (Fsp3) is 1.00. The van der Waals surface area contributed by atoms with Gasteiger partial charge in [0.15, 0.2) is 0 Å². The Balaban J connectivity index is 1.68. The van der Waals surface area contributed by atoms with Crippen LogP contribution in [-0.2, 0) is 4.74 Å². The topological polar surface area (TPSA) is 32.7 Å². The predicted molar refractivity (Wildman–Crippen MR) is 55.2 cm³/mol. The van der Waals surface area contributed by atoms with E-state index < -0.39 is 0 Å². The van der Waals surface area contributed by atoms with E-state index in [0.29, 0.717) is 0 Å². The number of piperidine rings is 1. The summed E-state index contributed by atoms with van der Waals surface area (Å²) in [7, 11) is 0. The van der Waals surface area contributed by atoms with Gasteiger partial charge in [-0.3, -0.25) is 0 Å². The highest BCUT2D eigenvalue weighted by atomic mass is 16.5. The Bertz CT molecular complexity index is 161. The van der Waals surface area contributed by atoms with Crippen LogP contribution in [0.1, 0.15) is 25.7 Å². The van der Waals surface area contributed by atoms with Gasteiger partial charge in [-0.1, -0.05) is 0 Å². The van der Waals surface area contributed by atoms with Crippen LogP contribution in [0.3, 0.4) is 0 Å². The monoisotopic (exact) mass is 199 g/mol. The third-order valence-corrected chi connectivity index (χ3v) is 3.41. The van der Waals surface area contributed by atoms with Crippen LogP contribution in [-0.4, -0.2) is 49.0 Å². The molecule has 2 aliphatic rings. The zero-order valence-electron chi connectivity index (χ0n) is 8.82. The van der Waals surface area contributed by atoms with Gasteiger partial charge in [0.25, 0.3) is 0 Å². The summed E-state index contributed by atoms with van der Waals surface area (Å²) in [4.78, 5) is 2.50. The second-order valence-corrected chi connectivity index (χ2v) is 4.59. The Kier molecular flexibility index (Phi) is 3.79. The molecule has 2 aliphatic heterocycles. The summed E-state index contributed by atoms with van der Waals surface area (Å²) in [5.41, 5.74) is 0. The molecule has 0 atom stereocenters. The maximum atomic E-state index is 9.39. The maximum Gasteiger partial charge on any atom is 0.0564 e. The van der Waals surface area contributed by atoms with E-state index in [1.807, 2.05) is 0 Å². The SMILES string of the molecule is OC1CCN(CC2CCOCC2)CC1. The molecule has 0 spiro atoms. The van der Waals surface area contributed by atoms with Crippen molar-refractivity contribution < 1.29 is 9.84 Å². The molecule has 0 aliphatic carbocycles. The zero-order valence-corrected chi connectivity index (χ0v) is 8.82. The summed E-state index contributed by atoms with van der Waals surface area (Å²) in [6, 6.07) is 0. The van der Waals surface area contributed by atoms with Gasteiger partial charge in [0.2, 0.25) is 0 Å². The molecule has 2 saturated heterocycles. The van der Waals surface area contributed by atoms with E-state index in [0.717, 1.165) is 45.1 Å². The second-order valence-electron chi connectivity index (χ2n) is 4.59. The van der Waals surface area contributed by atoms with Crippen LogP contribution in [0.4, 0.5) is 0 Å². The third kappa shape index (κ3) is 2.94. The minimum Gasteiger partial charge on any atom is -0.393 e. The minimum absolute atomic E-state index is 0.0408. The molecule has 3 nitrogen and oxygen atoms in total. The highest BCUT2D eigenvalue weighted by Gasteiger charge is 2.21. The van der Waals surface area contributed by atoms with E-state index in [-0.39, 0.29) is 6.10 Å². The Morgan fingerprint density at radius 2 is 1.71 bits per heavy atom. The van der Waals surface area contributed by atoms with E-state index in [1.54, 1.807) is 0 Å². The van der Waals surface area contributed by atoms with E-state index in [4.69, 9.17) is 4.74 Å². The number of aliphatic hydroxyl groups excluding tert-OH is 1. The van der Waals surface area contributed by atoms with Gasteiger partial charge >= 0.3 is 0 Å². The van der Waals surface area contributed by atoms with Crippen molar-refractivity contribution in [2.24, 2.45) is 5.92 Å². The van der Waals surface area contributed by atoms with Gasteiger partial charge in [0.05, 0.1) is 6.10 Å². The second kappa shape index (κ2) is 5.10. The first-order valence-corrected chi connectivity index (χ1v) is 5.83.